The summed E-state index contributed by atoms with van der Waals surface area (Å²) in [6.45, 7) is 1.68. The Labute approximate surface area is 91.4 Å². The molecule has 1 aliphatic heterocycles. The minimum absolute atomic E-state index is 0.682. The van der Waals surface area contributed by atoms with Gasteiger partial charge in [-0.3, -0.25) is 0 Å². The second-order valence-corrected chi connectivity index (χ2v) is 4.16. The Morgan fingerprint density at radius 1 is 1.27 bits per heavy atom. The highest BCUT2D eigenvalue weighted by Crippen LogP contribution is 2.36. The third-order valence-corrected chi connectivity index (χ3v) is 3.09. The summed E-state index contributed by atoms with van der Waals surface area (Å²) in [6, 6.07) is 8.41. The fraction of sp³-hybridized carbons (Fsp3) is 0.538. The molecule has 2 heteroatoms. The Hall–Kier alpha value is -1.02. The molecule has 0 saturated carbocycles. The summed E-state index contributed by atoms with van der Waals surface area (Å²) in [5.74, 6) is 1.77. The van der Waals surface area contributed by atoms with E-state index in [1.807, 2.05) is 6.07 Å². The van der Waals surface area contributed by atoms with Crippen molar-refractivity contribution >= 4 is 0 Å². The minimum atomic E-state index is 0.682. The number of benzene rings is 1. The van der Waals surface area contributed by atoms with Gasteiger partial charge in [0.1, 0.15) is 5.75 Å². The highest BCUT2D eigenvalue weighted by molar-refractivity contribution is 5.37. The molecule has 1 aromatic rings. The van der Waals surface area contributed by atoms with Crippen molar-refractivity contribution in [1.29, 1.82) is 0 Å². The molecule has 0 saturated heterocycles. The van der Waals surface area contributed by atoms with E-state index in [-0.39, 0.29) is 0 Å². The maximum atomic E-state index is 5.64. The molecular formula is C13H19NO. The lowest BCUT2D eigenvalue weighted by Crippen LogP contribution is -2.14. The SMILES string of the molecule is NCCCCC1CCOc2ccccc21. The Kier molecular flexibility index (Phi) is 3.62. The van der Waals surface area contributed by atoms with E-state index < -0.39 is 0 Å². The molecule has 0 spiro atoms. The Morgan fingerprint density at radius 2 is 2.13 bits per heavy atom. The number of rotatable bonds is 4. The molecule has 0 fully saturated rings. The van der Waals surface area contributed by atoms with Crippen LogP contribution in [0.25, 0.3) is 0 Å². The van der Waals surface area contributed by atoms with Crippen molar-refractivity contribution in [2.75, 3.05) is 13.2 Å². The molecule has 0 aromatic heterocycles. The number of unbranched alkanes of at least 4 members (excludes halogenated alkanes) is 1. The lowest BCUT2D eigenvalue weighted by atomic mass is 9.89. The van der Waals surface area contributed by atoms with Crippen molar-refractivity contribution in [1.82, 2.24) is 0 Å². The zero-order valence-electron chi connectivity index (χ0n) is 9.11. The van der Waals surface area contributed by atoms with Crippen LogP contribution in [0.5, 0.6) is 5.75 Å². The molecule has 1 unspecified atom stereocenters. The number of nitrogens with two attached hydrogens (primary N) is 1. The van der Waals surface area contributed by atoms with Gasteiger partial charge in [0.25, 0.3) is 0 Å². The van der Waals surface area contributed by atoms with Crippen LogP contribution in [0.2, 0.25) is 0 Å². The first-order valence-electron chi connectivity index (χ1n) is 5.83. The van der Waals surface area contributed by atoms with Crippen molar-refractivity contribution in [3.8, 4) is 5.75 Å². The molecule has 15 heavy (non-hydrogen) atoms. The average Bonchev–Trinajstić information content (AvgIpc) is 2.30. The van der Waals surface area contributed by atoms with Crippen LogP contribution in [0.4, 0.5) is 0 Å². The zero-order valence-corrected chi connectivity index (χ0v) is 9.11. The number of ether oxygens (including phenoxy) is 1. The molecule has 0 bridgehead atoms. The number of para-hydroxylation sites is 1. The normalized spacial score (nSPS) is 19.4. The van der Waals surface area contributed by atoms with Crippen LogP contribution in [0, 0.1) is 0 Å². The number of hydrogen-bond acceptors (Lipinski definition) is 2. The van der Waals surface area contributed by atoms with E-state index in [1.165, 1.54) is 18.4 Å². The fourth-order valence-corrected chi connectivity index (χ4v) is 2.25. The van der Waals surface area contributed by atoms with E-state index in [9.17, 15) is 0 Å². The van der Waals surface area contributed by atoms with E-state index in [1.54, 1.807) is 0 Å². The quantitative estimate of drug-likeness (QED) is 0.767. The Bertz CT molecular complexity index is 311. The van der Waals surface area contributed by atoms with Crippen molar-refractivity contribution < 1.29 is 4.74 Å². The predicted molar refractivity (Wildman–Crippen MR) is 62.2 cm³/mol. The number of hydrogen-bond donors (Lipinski definition) is 1. The van der Waals surface area contributed by atoms with Gasteiger partial charge in [-0.2, -0.15) is 0 Å². The van der Waals surface area contributed by atoms with E-state index in [2.05, 4.69) is 18.2 Å². The van der Waals surface area contributed by atoms with Crippen LogP contribution in [-0.2, 0) is 0 Å². The summed E-state index contributed by atoms with van der Waals surface area (Å²) in [5.41, 5.74) is 6.90. The largest absolute Gasteiger partial charge is 0.493 e. The summed E-state index contributed by atoms with van der Waals surface area (Å²) in [4.78, 5) is 0. The zero-order chi connectivity index (χ0) is 10.5. The average molecular weight is 205 g/mol. The lowest BCUT2D eigenvalue weighted by Gasteiger charge is -2.25. The van der Waals surface area contributed by atoms with E-state index in [0.717, 1.165) is 31.7 Å². The summed E-state index contributed by atoms with van der Waals surface area (Å²) >= 11 is 0. The maximum Gasteiger partial charge on any atom is 0.122 e. The van der Waals surface area contributed by atoms with Crippen LogP contribution in [0.3, 0.4) is 0 Å². The molecule has 2 N–H and O–H groups in total. The van der Waals surface area contributed by atoms with Gasteiger partial charge in [0.2, 0.25) is 0 Å². The van der Waals surface area contributed by atoms with Gasteiger partial charge in [0.15, 0.2) is 0 Å². The van der Waals surface area contributed by atoms with Gasteiger partial charge >= 0.3 is 0 Å². The second kappa shape index (κ2) is 5.17. The highest BCUT2D eigenvalue weighted by Gasteiger charge is 2.19. The van der Waals surface area contributed by atoms with Gasteiger partial charge in [-0.05, 0) is 43.4 Å². The first-order valence-corrected chi connectivity index (χ1v) is 5.83. The third-order valence-electron chi connectivity index (χ3n) is 3.09. The minimum Gasteiger partial charge on any atom is -0.493 e. The molecule has 2 rings (SSSR count). The van der Waals surface area contributed by atoms with Gasteiger partial charge in [-0.15, -0.1) is 0 Å². The van der Waals surface area contributed by atoms with Crippen LogP contribution in [0.1, 0.15) is 37.2 Å². The van der Waals surface area contributed by atoms with Crippen LogP contribution in [0.15, 0.2) is 24.3 Å². The molecule has 1 atom stereocenters. The Morgan fingerprint density at radius 3 is 3.00 bits per heavy atom. The van der Waals surface area contributed by atoms with Crippen LogP contribution < -0.4 is 10.5 Å². The van der Waals surface area contributed by atoms with Crippen molar-refractivity contribution in [3.05, 3.63) is 29.8 Å². The fourth-order valence-electron chi connectivity index (χ4n) is 2.25. The van der Waals surface area contributed by atoms with Crippen molar-refractivity contribution in [2.24, 2.45) is 5.73 Å². The van der Waals surface area contributed by atoms with Gasteiger partial charge in [0, 0.05) is 0 Å². The van der Waals surface area contributed by atoms with Gasteiger partial charge in [-0.25, -0.2) is 0 Å². The first-order chi connectivity index (χ1) is 7.42. The molecule has 2 nitrogen and oxygen atoms in total. The standard InChI is InChI=1S/C13H19NO/c14-9-4-3-5-11-8-10-15-13-7-2-1-6-12(11)13/h1-2,6-7,11H,3-5,8-10,14H2. The molecule has 1 aliphatic rings. The second-order valence-electron chi connectivity index (χ2n) is 4.16. The third kappa shape index (κ3) is 2.51. The number of fused-ring (bicyclic) bond motifs is 1. The van der Waals surface area contributed by atoms with Gasteiger partial charge in [-0.1, -0.05) is 24.6 Å². The monoisotopic (exact) mass is 205 g/mol. The summed E-state index contributed by atoms with van der Waals surface area (Å²) in [7, 11) is 0. The first kappa shape index (κ1) is 10.5. The van der Waals surface area contributed by atoms with Crippen LogP contribution in [-0.4, -0.2) is 13.2 Å². The van der Waals surface area contributed by atoms with Crippen LogP contribution >= 0.6 is 0 Å². The van der Waals surface area contributed by atoms with Gasteiger partial charge < -0.3 is 10.5 Å². The molecule has 1 aromatic carbocycles. The Balaban J connectivity index is 2.02. The molecule has 82 valence electrons. The van der Waals surface area contributed by atoms with Crippen molar-refractivity contribution in [2.45, 2.75) is 31.6 Å². The van der Waals surface area contributed by atoms with E-state index >= 15 is 0 Å². The molecule has 0 amide bonds. The molecule has 0 radical (unpaired) electrons. The topological polar surface area (TPSA) is 35.2 Å². The molecule has 0 aliphatic carbocycles. The molecule has 1 heterocycles. The summed E-state index contributed by atoms with van der Waals surface area (Å²) in [6.07, 6.45) is 4.77. The van der Waals surface area contributed by atoms with Gasteiger partial charge in [0.05, 0.1) is 6.61 Å². The predicted octanol–water partition coefficient (Wildman–Crippen LogP) is 2.68. The lowest BCUT2D eigenvalue weighted by molar-refractivity contribution is 0.261. The summed E-state index contributed by atoms with van der Waals surface area (Å²) < 4.78 is 5.64. The van der Waals surface area contributed by atoms with E-state index in [4.69, 9.17) is 10.5 Å². The highest BCUT2D eigenvalue weighted by atomic mass is 16.5. The van der Waals surface area contributed by atoms with E-state index in [0.29, 0.717) is 5.92 Å². The summed E-state index contributed by atoms with van der Waals surface area (Å²) in [5, 5.41) is 0. The maximum absolute atomic E-state index is 5.64. The smallest absolute Gasteiger partial charge is 0.122 e. The molecular weight excluding hydrogens is 186 g/mol. The van der Waals surface area contributed by atoms with Crippen molar-refractivity contribution in [3.63, 3.8) is 0 Å².